The van der Waals surface area contributed by atoms with Crippen molar-refractivity contribution in [1.29, 1.82) is 0 Å². The first-order valence-electron chi connectivity index (χ1n) is 9.56. The van der Waals surface area contributed by atoms with Crippen molar-refractivity contribution in [2.75, 3.05) is 13.2 Å². The maximum Gasteiger partial charge on any atom is 0.261 e. The summed E-state index contributed by atoms with van der Waals surface area (Å²) in [7, 11) is 0. The van der Waals surface area contributed by atoms with Gasteiger partial charge >= 0.3 is 0 Å². The topological polar surface area (TPSA) is 58.6 Å². The molecule has 2 amide bonds. The lowest BCUT2D eigenvalue weighted by atomic mass is 10.1. The Hall–Kier alpha value is -2.24. The first-order chi connectivity index (χ1) is 13.9. The number of amides is 2. The molecule has 0 aliphatic carbocycles. The number of halogens is 2. The zero-order chi connectivity index (χ0) is 21.4. The lowest BCUT2D eigenvalue weighted by Gasteiger charge is -2.30. The van der Waals surface area contributed by atoms with Crippen molar-refractivity contribution in [2.45, 2.75) is 39.8 Å². The molecular weight excluding hydrogens is 411 g/mol. The van der Waals surface area contributed by atoms with E-state index in [1.54, 1.807) is 24.3 Å². The lowest BCUT2D eigenvalue weighted by molar-refractivity contribution is -0.142. The smallest absolute Gasteiger partial charge is 0.261 e. The SMILES string of the molecule is CCNC(=O)[C@@H](CC)N(Cc1ccccc1Cl)C(=O)COc1ccc(Cl)c(C)c1. The molecule has 0 aromatic heterocycles. The minimum Gasteiger partial charge on any atom is -0.484 e. The van der Waals surface area contributed by atoms with E-state index in [-0.39, 0.29) is 25.0 Å². The van der Waals surface area contributed by atoms with Crippen LogP contribution in [0.5, 0.6) is 5.75 Å². The molecular formula is C22H26Cl2N2O3. The summed E-state index contributed by atoms with van der Waals surface area (Å²) in [5.41, 5.74) is 1.63. The standard InChI is InChI=1S/C22H26Cl2N2O3/c1-4-20(22(28)25-5-2)26(13-16-8-6-7-9-19(16)24)21(27)14-29-17-10-11-18(23)15(3)12-17/h6-12,20H,4-5,13-14H2,1-3H3,(H,25,28)/t20-/m1/s1. The second-order valence-corrected chi connectivity index (χ2v) is 7.45. The number of ether oxygens (including phenoxy) is 1. The van der Waals surface area contributed by atoms with Gasteiger partial charge in [-0.1, -0.05) is 48.3 Å². The van der Waals surface area contributed by atoms with E-state index in [2.05, 4.69) is 5.32 Å². The van der Waals surface area contributed by atoms with Crippen LogP contribution in [0.2, 0.25) is 10.0 Å². The average Bonchev–Trinajstić information content (AvgIpc) is 2.70. The summed E-state index contributed by atoms with van der Waals surface area (Å²) < 4.78 is 5.67. The van der Waals surface area contributed by atoms with Crippen LogP contribution < -0.4 is 10.1 Å². The molecule has 0 aliphatic heterocycles. The van der Waals surface area contributed by atoms with Gasteiger partial charge in [0.05, 0.1) is 0 Å². The molecule has 5 nitrogen and oxygen atoms in total. The van der Waals surface area contributed by atoms with Gasteiger partial charge in [0, 0.05) is 23.1 Å². The van der Waals surface area contributed by atoms with Crippen molar-refractivity contribution < 1.29 is 14.3 Å². The number of hydrogen-bond acceptors (Lipinski definition) is 3. The number of likely N-dealkylation sites (N-methyl/N-ethyl adjacent to an activating group) is 1. The molecule has 0 saturated carbocycles. The normalized spacial score (nSPS) is 11.6. The highest BCUT2D eigenvalue weighted by molar-refractivity contribution is 6.31. The molecule has 29 heavy (non-hydrogen) atoms. The van der Waals surface area contributed by atoms with E-state index in [1.165, 1.54) is 4.90 Å². The van der Waals surface area contributed by atoms with E-state index < -0.39 is 6.04 Å². The van der Waals surface area contributed by atoms with Crippen LogP contribution in [-0.4, -0.2) is 35.9 Å². The highest BCUT2D eigenvalue weighted by Gasteiger charge is 2.29. The highest BCUT2D eigenvalue weighted by atomic mass is 35.5. The Kier molecular flexibility index (Phi) is 8.80. The van der Waals surface area contributed by atoms with Crippen molar-refractivity contribution in [2.24, 2.45) is 0 Å². The Morgan fingerprint density at radius 3 is 2.45 bits per heavy atom. The zero-order valence-corrected chi connectivity index (χ0v) is 18.4. The highest BCUT2D eigenvalue weighted by Crippen LogP contribution is 2.22. The first-order valence-corrected chi connectivity index (χ1v) is 10.3. The van der Waals surface area contributed by atoms with E-state index in [0.29, 0.717) is 28.8 Å². The summed E-state index contributed by atoms with van der Waals surface area (Å²) in [5.74, 6) is 0.0531. The molecule has 0 saturated heterocycles. The second kappa shape index (κ2) is 11.1. The van der Waals surface area contributed by atoms with Gasteiger partial charge in [0.25, 0.3) is 5.91 Å². The Bertz CT molecular complexity index is 858. The summed E-state index contributed by atoms with van der Waals surface area (Å²) in [6.07, 6.45) is 0.474. The Labute approximate surface area is 181 Å². The van der Waals surface area contributed by atoms with Crippen LogP contribution in [-0.2, 0) is 16.1 Å². The summed E-state index contributed by atoms with van der Waals surface area (Å²) in [6.45, 7) is 6.10. The molecule has 1 N–H and O–H groups in total. The van der Waals surface area contributed by atoms with Gasteiger partial charge < -0.3 is 15.0 Å². The van der Waals surface area contributed by atoms with Gasteiger partial charge in [-0.25, -0.2) is 0 Å². The largest absolute Gasteiger partial charge is 0.484 e. The molecule has 0 fully saturated rings. The molecule has 0 bridgehead atoms. The molecule has 0 heterocycles. The van der Waals surface area contributed by atoms with Gasteiger partial charge in [-0.05, 0) is 55.7 Å². The van der Waals surface area contributed by atoms with Crippen molar-refractivity contribution in [1.82, 2.24) is 10.2 Å². The van der Waals surface area contributed by atoms with Crippen LogP contribution >= 0.6 is 23.2 Å². The number of hydrogen-bond donors (Lipinski definition) is 1. The third kappa shape index (κ3) is 6.38. The van der Waals surface area contributed by atoms with Crippen molar-refractivity contribution >= 4 is 35.0 Å². The van der Waals surface area contributed by atoms with Crippen LogP contribution in [0.1, 0.15) is 31.4 Å². The Morgan fingerprint density at radius 2 is 1.83 bits per heavy atom. The van der Waals surface area contributed by atoms with Crippen LogP contribution in [0.25, 0.3) is 0 Å². The molecule has 2 rings (SSSR count). The predicted molar refractivity (Wildman–Crippen MR) is 116 cm³/mol. The van der Waals surface area contributed by atoms with E-state index in [9.17, 15) is 9.59 Å². The van der Waals surface area contributed by atoms with Crippen molar-refractivity contribution in [3.05, 3.63) is 63.6 Å². The molecule has 0 radical (unpaired) electrons. The van der Waals surface area contributed by atoms with Gasteiger partial charge in [0.15, 0.2) is 6.61 Å². The van der Waals surface area contributed by atoms with Gasteiger partial charge in [0.2, 0.25) is 5.91 Å². The van der Waals surface area contributed by atoms with E-state index >= 15 is 0 Å². The first kappa shape index (κ1) is 23.0. The number of nitrogens with zero attached hydrogens (tertiary/aromatic N) is 1. The zero-order valence-electron chi connectivity index (χ0n) is 16.9. The molecule has 2 aromatic rings. The molecule has 2 aromatic carbocycles. The van der Waals surface area contributed by atoms with Crippen LogP contribution in [0.3, 0.4) is 0 Å². The maximum absolute atomic E-state index is 13.0. The fourth-order valence-corrected chi connectivity index (χ4v) is 3.27. The fourth-order valence-electron chi connectivity index (χ4n) is 2.96. The molecule has 156 valence electrons. The minimum absolute atomic E-state index is 0.193. The summed E-state index contributed by atoms with van der Waals surface area (Å²) in [5, 5.41) is 3.98. The number of carbonyl (C=O) groups excluding carboxylic acids is 2. The quantitative estimate of drug-likeness (QED) is 0.623. The number of rotatable bonds is 9. The van der Waals surface area contributed by atoms with Gasteiger partial charge in [0.1, 0.15) is 11.8 Å². The monoisotopic (exact) mass is 436 g/mol. The number of benzene rings is 2. The second-order valence-electron chi connectivity index (χ2n) is 6.63. The van der Waals surface area contributed by atoms with Crippen molar-refractivity contribution in [3.8, 4) is 5.75 Å². The van der Waals surface area contributed by atoms with Crippen LogP contribution in [0.15, 0.2) is 42.5 Å². The summed E-state index contributed by atoms with van der Waals surface area (Å²) in [4.78, 5) is 27.1. The Balaban J connectivity index is 2.22. The van der Waals surface area contributed by atoms with E-state index in [1.807, 2.05) is 39.0 Å². The van der Waals surface area contributed by atoms with E-state index in [4.69, 9.17) is 27.9 Å². The molecule has 1 atom stereocenters. The third-order valence-corrected chi connectivity index (χ3v) is 5.32. The third-order valence-electron chi connectivity index (χ3n) is 4.53. The van der Waals surface area contributed by atoms with Crippen LogP contribution in [0.4, 0.5) is 0 Å². The Morgan fingerprint density at radius 1 is 1.10 bits per heavy atom. The number of aryl methyl sites for hydroxylation is 1. The number of carbonyl (C=O) groups is 2. The number of nitrogens with one attached hydrogen (secondary N) is 1. The predicted octanol–water partition coefficient (Wildman–Crippen LogP) is 4.62. The van der Waals surface area contributed by atoms with Gasteiger partial charge in [-0.2, -0.15) is 0 Å². The molecule has 7 heteroatoms. The lowest BCUT2D eigenvalue weighted by Crippen LogP contribution is -2.50. The van der Waals surface area contributed by atoms with Crippen LogP contribution in [0, 0.1) is 6.92 Å². The summed E-state index contributed by atoms with van der Waals surface area (Å²) >= 11 is 12.3. The fraction of sp³-hybridized carbons (Fsp3) is 0.364. The summed E-state index contributed by atoms with van der Waals surface area (Å²) in [6, 6.07) is 11.9. The minimum atomic E-state index is -0.616. The molecule has 0 aliphatic rings. The average molecular weight is 437 g/mol. The molecule has 0 unspecified atom stereocenters. The van der Waals surface area contributed by atoms with Crippen molar-refractivity contribution in [3.63, 3.8) is 0 Å². The van der Waals surface area contributed by atoms with Gasteiger partial charge in [-0.15, -0.1) is 0 Å². The van der Waals surface area contributed by atoms with Gasteiger partial charge in [-0.3, -0.25) is 9.59 Å². The maximum atomic E-state index is 13.0. The molecule has 0 spiro atoms. The van der Waals surface area contributed by atoms with E-state index in [0.717, 1.165) is 11.1 Å².